The van der Waals surface area contributed by atoms with Gasteiger partial charge in [-0.15, -0.1) is 0 Å². The summed E-state index contributed by atoms with van der Waals surface area (Å²) in [6.45, 7) is 4.78. The Morgan fingerprint density at radius 2 is 1.79 bits per heavy atom. The van der Waals surface area contributed by atoms with Crippen LogP contribution < -0.4 is 4.74 Å². The molecule has 6 nitrogen and oxygen atoms in total. The molecule has 1 aromatic heterocycles. The molecule has 1 aliphatic rings. The summed E-state index contributed by atoms with van der Waals surface area (Å²) in [5.41, 5.74) is 2.29. The molecule has 1 N–H and O–H groups in total. The number of ether oxygens (including phenoxy) is 1. The molecular weight excluding hydrogens is 418 g/mol. The van der Waals surface area contributed by atoms with Gasteiger partial charge in [0.25, 0.3) is 11.7 Å². The first-order valence-electron chi connectivity index (χ1n) is 11.1. The lowest BCUT2D eigenvalue weighted by molar-refractivity contribution is -0.140. The average molecular weight is 446 g/mol. The molecule has 1 saturated heterocycles. The number of carbonyl (C=O) groups excluding carboxylic acids is 2. The van der Waals surface area contributed by atoms with Crippen molar-refractivity contribution < 1.29 is 23.8 Å². The van der Waals surface area contributed by atoms with Gasteiger partial charge in [-0.3, -0.25) is 9.59 Å². The number of unbranched alkanes of at least 4 members (excludes halogenated alkanes) is 1. The van der Waals surface area contributed by atoms with Gasteiger partial charge in [-0.1, -0.05) is 55.3 Å². The highest BCUT2D eigenvalue weighted by Gasteiger charge is 2.46. The van der Waals surface area contributed by atoms with Crippen LogP contribution in [0.4, 0.5) is 0 Å². The van der Waals surface area contributed by atoms with Crippen LogP contribution in [-0.4, -0.2) is 28.3 Å². The number of Topliss-reactive ketones (excluding diaryl/α,β-unsaturated/α-hetero) is 1. The summed E-state index contributed by atoms with van der Waals surface area (Å²) in [6, 6.07) is 17.2. The molecule has 1 amide bonds. The van der Waals surface area contributed by atoms with E-state index < -0.39 is 17.7 Å². The van der Waals surface area contributed by atoms with Crippen molar-refractivity contribution in [2.45, 2.75) is 39.3 Å². The standard InChI is InChI=1S/C27H27NO5/c1-3-4-15-32-21-13-11-19(12-14-21)24-23(25(29)20-9-7-18(2)8-10-20)26(30)27(31)28(24)17-22-6-5-16-33-22/h5-14,16,24,29H,3-4,15,17H2,1-2H3/b25-23+. The number of hydrogen-bond acceptors (Lipinski definition) is 5. The van der Waals surface area contributed by atoms with E-state index in [1.54, 1.807) is 24.3 Å². The molecule has 6 heteroatoms. The number of rotatable bonds is 8. The van der Waals surface area contributed by atoms with Crippen molar-refractivity contribution in [2.75, 3.05) is 6.61 Å². The molecule has 2 aromatic carbocycles. The topological polar surface area (TPSA) is 80.0 Å². The summed E-state index contributed by atoms with van der Waals surface area (Å²) in [7, 11) is 0. The third kappa shape index (κ3) is 4.70. The smallest absolute Gasteiger partial charge is 0.296 e. The van der Waals surface area contributed by atoms with Crippen LogP contribution in [0.15, 0.2) is 76.9 Å². The van der Waals surface area contributed by atoms with Crippen LogP contribution >= 0.6 is 0 Å². The minimum Gasteiger partial charge on any atom is -0.507 e. The molecule has 3 aromatic rings. The zero-order valence-corrected chi connectivity index (χ0v) is 18.8. The molecule has 0 spiro atoms. The zero-order valence-electron chi connectivity index (χ0n) is 18.8. The van der Waals surface area contributed by atoms with E-state index in [4.69, 9.17) is 9.15 Å². The first-order chi connectivity index (χ1) is 16.0. The predicted molar refractivity (Wildman–Crippen MR) is 125 cm³/mol. The van der Waals surface area contributed by atoms with E-state index in [0.717, 1.165) is 18.4 Å². The first-order valence-corrected chi connectivity index (χ1v) is 11.1. The average Bonchev–Trinajstić information content (AvgIpc) is 3.42. The number of aliphatic hydroxyl groups is 1. The minimum atomic E-state index is -0.749. The van der Waals surface area contributed by atoms with E-state index in [1.165, 1.54) is 11.2 Å². The van der Waals surface area contributed by atoms with E-state index in [1.807, 2.05) is 43.3 Å². The Balaban J connectivity index is 1.75. The number of furan rings is 1. The Labute approximate surface area is 193 Å². The van der Waals surface area contributed by atoms with Gasteiger partial charge in [-0.2, -0.15) is 0 Å². The highest BCUT2D eigenvalue weighted by Crippen LogP contribution is 2.40. The molecule has 33 heavy (non-hydrogen) atoms. The Morgan fingerprint density at radius 1 is 1.06 bits per heavy atom. The largest absolute Gasteiger partial charge is 0.507 e. The van der Waals surface area contributed by atoms with E-state index in [9.17, 15) is 14.7 Å². The summed E-state index contributed by atoms with van der Waals surface area (Å²) in [5.74, 6) is -0.310. The van der Waals surface area contributed by atoms with Gasteiger partial charge in [0.1, 0.15) is 17.3 Å². The Bertz CT molecular complexity index is 1140. The lowest BCUT2D eigenvalue weighted by Gasteiger charge is -2.24. The van der Waals surface area contributed by atoms with Crippen molar-refractivity contribution in [3.63, 3.8) is 0 Å². The number of nitrogens with zero attached hydrogens (tertiary/aromatic N) is 1. The molecule has 1 fully saturated rings. The quantitative estimate of drug-likeness (QED) is 0.218. The number of amides is 1. The Hall–Kier alpha value is -3.80. The Kier molecular flexibility index (Phi) is 6.63. The second-order valence-corrected chi connectivity index (χ2v) is 8.14. The maximum atomic E-state index is 13.1. The van der Waals surface area contributed by atoms with Crippen LogP contribution in [0.25, 0.3) is 5.76 Å². The molecule has 2 heterocycles. The predicted octanol–water partition coefficient (Wildman–Crippen LogP) is 5.39. The third-order valence-corrected chi connectivity index (χ3v) is 5.73. The van der Waals surface area contributed by atoms with Gasteiger partial charge in [0.2, 0.25) is 0 Å². The highest BCUT2D eigenvalue weighted by molar-refractivity contribution is 6.46. The summed E-state index contributed by atoms with van der Waals surface area (Å²) < 4.78 is 11.2. The monoisotopic (exact) mass is 445 g/mol. The van der Waals surface area contributed by atoms with E-state index in [0.29, 0.717) is 29.2 Å². The second-order valence-electron chi connectivity index (χ2n) is 8.14. The summed E-state index contributed by atoms with van der Waals surface area (Å²) >= 11 is 0. The fraction of sp³-hybridized carbons (Fsp3) is 0.259. The van der Waals surface area contributed by atoms with Gasteiger partial charge < -0.3 is 19.2 Å². The van der Waals surface area contributed by atoms with Crippen molar-refractivity contribution in [1.82, 2.24) is 4.90 Å². The number of aryl methyl sites for hydroxylation is 1. The Morgan fingerprint density at radius 3 is 2.42 bits per heavy atom. The van der Waals surface area contributed by atoms with Crippen LogP contribution in [-0.2, 0) is 16.1 Å². The number of ketones is 1. The number of likely N-dealkylation sites (tertiary alicyclic amines) is 1. The molecule has 1 aliphatic heterocycles. The molecule has 170 valence electrons. The molecule has 4 rings (SSSR count). The first kappa shape index (κ1) is 22.4. The second kappa shape index (κ2) is 9.77. The number of carbonyl (C=O) groups is 2. The van der Waals surface area contributed by atoms with Gasteiger partial charge >= 0.3 is 0 Å². The lowest BCUT2D eigenvalue weighted by Crippen LogP contribution is -2.29. The number of hydrogen-bond donors (Lipinski definition) is 1. The van der Waals surface area contributed by atoms with Crippen molar-refractivity contribution in [3.8, 4) is 5.75 Å². The molecule has 0 bridgehead atoms. The van der Waals surface area contributed by atoms with E-state index in [2.05, 4.69) is 6.92 Å². The van der Waals surface area contributed by atoms with Crippen LogP contribution in [0.3, 0.4) is 0 Å². The molecule has 0 aliphatic carbocycles. The summed E-state index contributed by atoms with van der Waals surface area (Å²) in [6.07, 6.45) is 3.52. The van der Waals surface area contributed by atoms with Crippen LogP contribution in [0, 0.1) is 6.92 Å². The molecule has 1 unspecified atom stereocenters. The maximum absolute atomic E-state index is 13.1. The van der Waals surface area contributed by atoms with E-state index >= 15 is 0 Å². The van der Waals surface area contributed by atoms with Crippen LogP contribution in [0.1, 0.15) is 48.3 Å². The van der Waals surface area contributed by atoms with Crippen molar-refractivity contribution in [3.05, 3.63) is 95.0 Å². The highest BCUT2D eigenvalue weighted by atomic mass is 16.5. The summed E-state index contributed by atoms with van der Waals surface area (Å²) in [5, 5.41) is 11.1. The lowest BCUT2D eigenvalue weighted by atomic mass is 9.95. The van der Waals surface area contributed by atoms with Gasteiger partial charge in [0, 0.05) is 5.56 Å². The molecule has 1 atom stereocenters. The summed E-state index contributed by atoms with van der Waals surface area (Å²) in [4.78, 5) is 27.5. The number of aliphatic hydroxyl groups excluding tert-OH is 1. The SMILES string of the molecule is CCCCOc1ccc(C2/C(=C(\O)c3ccc(C)cc3)C(=O)C(=O)N2Cc2ccco2)cc1. The van der Waals surface area contributed by atoms with E-state index in [-0.39, 0.29) is 17.9 Å². The molecule has 0 saturated carbocycles. The minimum absolute atomic E-state index is 0.0649. The van der Waals surface area contributed by atoms with Crippen molar-refractivity contribution >= 4 is 17.4 Å². The maximum Gasteiger partial charge on any atom is 0.296 e. The van der Waals surface area contributed by atoms with Gasteiger partial charge in [-0.25, -0.2) is 0 Å². The fourth-order valence-corrected chi connectivity index (χ4v) is 3.91. The van der Waals surface area contributed by atoms with Gasteiger partial charge in [-0.05, 0) is 43.2 Å². The fourth-order valence-electron chi connectivity index (χ4n) is 3.91. The molecular formula is C27H27NO5. The zero-order chi connectivity index (χ0) is 23.4. The third-order valence-electron chi connectivity index (χ3n) is 5.73. The van der Waals surface area contributed by atoms with Gasteiger partial charge in [0.05, 0.1) is 31.0 Å². The van der Waals surface area contributed by atoms with Gasteiger partial charge in [0.15, 0.2) is 0 Å². The van der Waals surface area contributed by atoms with Crippen molar-refractivity contribution in [2.24, 2.45) is 0 Å². The number of benzene rings is 2. The van der Waals surface area contributed by atoms with Crippen LogP contribution in [0.2, 0.25) is 0 Å². The van der Waals surface area contributed by atoms with Crippen LogP contribution in [0.5, 0.6) is 5.75 Å². The normalized spacial score (nSPS) is 17.5. The van der Waals surface area contributed by atoms with Crippen molar-refractivity contribution in [1.29, 1.82) is 0 Å². The molecule has 0 radical (unpaired) electrons.